The maximum atomic E-state index is 12.7. The van der Waals surface area contributed by atoms with Crippen LogP contribution in [0.5, 0.6) is 5.75 Å². The van der Waals surface area contributed by atoms with Crippen LogP contribution in [0.25, 0.3) is 0 Å². The van der Waals surface area contributed by atoms with Crippen molar-refractivity contribution in [3.05, 3.63) is 59.9 Å². The van der Waals surface area contributed by atoms with Crippen LogP contribution in [0.4, 0.5) is 14.9 Å². The Morgan fingerprint density at radius 3 is 2.33 bits per heavy atom. The van der Waals surface area contributed by atoms with Gasteiger partial charge in [-0.3, -0.25) is 4.79 Å². The Hall–Kier alpha value is -3.09. The van der Waals surface area contributed by atoms with Gasteiger partial charge in [0.15, 0.2) is 0 Å². The SMILES string of the molecule is NC(=O)Nc1ccc(CNC(=O)CCOc2ccc(F)cc2)cc1. The molecule has 0 atom stereocenters. The monoisotopic (exact) mass is 331 g/mol. The summed E-state index contributed by atoms with van der Waals surface area (Å²) in [6, 6.07) is 11.9. The number of halogens is 1. The highest BCUT2D eigenvalue weighted by Crippen LogP contribution is 2.11. The fraction of sp³-hybridized carbons (Fsp3) is 0.176. The van der Waals surface area contributed by atoms with Crippen LogP contribution in [0.2, 0.25) is 0 Å². The molecule has 0 saturated carbocycles. The van der Waals surface area contributed by atoms with Crippen LogP contribution in [0, 0.1) is 5.82 Å². The van der Waals surface area contributed by atoms with Crippen molar-refractivity contribution in [1.82, 2.24) is 5.32 Å². The number of hydrogen-bond donors (Lipinski definition) is 3. The third-order valence-electron chi connectivity index (χ3n) is 3.12. The van der Waals surface area contributed by atoms with Crippen molar-refractivity contribution >= 4 is 17.6 Å². The van der Waals surface area contributed by atoms with Gasteiger partial charge in [0.05, 0.1) is 13.0 Å². The van der Waals surface area contributed by atoms with E-state index in [0.29, 0.717) is 18.0 Å². The lowest BCUT2D eigenvalue weighted by Gasteiger charge is -2.08. The molecule has 7 heteroatoms. The summed E-state index contributed by atoms with van der Waals surface area (Å²) in [6.45, 7) is 0.575. The predicted octanol–water partition coefficient (Wildman–Crippen LogP) is 2.40. The average molecular weight is 331 g/mol. The maximum absolute atomic E-state index is 12.7. The lowest BCUT2D eigenvalue weighted by molar-refractivity contribution is -0.121. The average Bonchev–Trinajstić information content (AvgIpc) is 2.55. The normalized spacial score (nSPS) is 10.0. The van der Waals surface area contributed by atoms with Gasteiger partial charge in [0.25, 0.3) is 0 Å². The largest absolute Gasteiger partial charge is 0.493 e. The van der Waals surface area contributed by atoms with Crippen LogP contribution in [0.15, 0.2) is 48.5 Å². The van der Waals surface area contributed by atoms with Crippen LogP contribution in [-0.2, 0) is 11.3 Å². The zero-order valence-electron chi connectivity index (χ0n) is 12.9. The van der Waals surface area contributed by atoms with Gasteiger partial charge in [-0.15, -0.1) is 0 Å². The zero-order valence-corrected chi connectivity index (χ0v) is 12.9. The minimum atomic E-state index is -0.628. The van der Waals surface area contributed by atoms with E-state index in [1.165, 1.54) is 24.3 Å². The van der Waals surface area contributed by atoms with E-state index in [4.69, 9.17) is 10.5 Å². The van der Waals surface area contributed by atoms with Crippen molar-refractivity contribution in [3.63, 3.8) is 0 Å². The number of urea groups is 1. The van der Waals surface area contributed by atoms with Crippen LogP contribution in [-0.4, -0.2) is 18.5 Å². The summed E-state index contributed by atoms with van der Waals surface area (Å²) in [4.78, 5) is 22.5. The molecule has 126 valence electrons. The Labute approximate surface area is 138 Å². The molecule has 0 bridgehead atoms. The minimum Gasteiger partial charge on any atom is -0.493 e. The zero-order chi connectivity index (χ0) is 17.4. The molecule has 0 radical (unpaired) electrons. The number of nitrogens with two attached hydrogens (primary N) is 1. The molecule has 0 saturated heterocycles. The van der Waals surface area contributed by atoms with Crippen LogP contribution >= 0.6 is 0 Å². The molecule has 3 amide bonds. The predicted molar refractivity (Wildman–Crippen MR) is 88.0 cm³/mol. The number of benzene rings is 2. The first-order valence-corrected chi connectivity index (χ1v) is 7.33. The number of hydrogen-bond acceptors (Lipinski definition) is 3. The third-order valence-corrected chi connectivity index (χ3v) is 3.12. The molecule has 2 rings (SSSR count). The molecule has 0 heterocycles. The summed E-state index contributed by atoms with van der Waals surface area (Å²) in [7, 11) is 0. The van der Waals surface area contributed by atoms with E-state index in [9.17, 15) is 14.0 Å². The first-order valence-electron chi connectivity index (χ1n) is 7.33. The number of ether oxygens (including phenoxy) is 1. The van der Waals surface area contributed by atoms with Gasteiger partial charge in [0.2, 0.25) is 5.91 Å². The Bertz CT molecular complexity index is 687. The number of nitrogens with one attached hydrogen (secondary N) is 2. The Kier molecular flexibility index (Phi) is 6.13. The third kappa shape index (κ3) is 5.96. The molecule has 2 aromatic carbocycles. The van der Waals surface area contributed by atoms with E-state index in [1.807, 2.05) is 0 Å². The lowest BCUT2D eigenvalue weighted by atomic mass is 10.2. The van der Waals surface area contributed by atoms with Gasteiger partial charge in [-0.25, -0.2) is 9.18 Å². The van der Waals surface area contributed by atoms with E-state index in [2.05, 4.69) is 10.6 Å². The molecule has 0 aliphatic heterocycles. The fourth-order valence-electron chi connectivity index (χ4n) is 1.93. The van der Waals surface area contributed by atoms with Crippen molar-refractivity contribution in [2.75, 3.05) is 11.9 Å². The summed E-state index contributed by atoms with van der Waals surface area (Å²) >= 11 is 0. The molecule has 4 N–H and O–H groups in total. The number of carbonyl (C=O) groups is 2. The van der Waals surface area contributed by atoms with Crippen molar-refractivity contribution in [2.45, 2.75) is 13.0 Å². The van der Waals surface area contributed by atoms with E-state index in [1.54, 1.807) is 24.3 Å². The Morgan fingerprint density at radius 1 is 1.04 bits per heavy atom. The Morgan fingerprint density at radius 2 is 1.71 bits per heavy atom. The van der Waals surface area contributed by atoms with E-state index in [-0.39, 0.29) is 24.8 Å². The molecular formula is C17H18FN3O3. The number of anilines is 1. The van der Waals surface area contributed by atoms with Gasteiger partial charge in [-0.05, 0) is 42.0 Å². The van der Waals surface area contributed by atoms with Gasteiger partial charge in [-0.2, -0.15) is 0 Å². The van der Waals surface area contributed by atoms with Crippen molar-refractivity contribution in [2.24, 2.45) is 5.73 Å². The topological polar surface area (TPSA) is 93.5 Å². The fourth-order valence-corrected chi connectivity index (χ4v) is 1.93. The highest BCUT2D eigenvalue weighted by atomic mass is 19.1. The van der Waals surface area contributed by atoms with Gasteiger partial charge >= 0.3 is 6.03 Å². The van der Waals surface area contributed by atoms with Gasteiger partial charge in [0.1, 0.15) is 11.6 Å². The molecule has 0 aliphatic rings. The van der Waals surface area contributed by atoms with E-state index in [0.717, 1.165) is 5.56 Å². The summed E-state index contributed by atoms with van der Waals surface area (Å²) in [5.74, 6) is 0.0235. The Balaban J connectivity index is 1.69. The molecule has 0 spiro atoms. The number of carbonyl (C=O) groups excluding carboxylic acids is 2. The second-order valence-corrected chi connectivity index (χ2v) is 5.02. The van der Waals surface area contributed by atoms with Crippen molar-refractivity contribution in [3.8, 4) is 5.75 Å². The van der Waals surface area contributed by atoms with Crippen molar-refractivity contribution < 1.29 is 18.7 Å². The molecule has 0 aliphatic carbocycles. The smallest absolute Gasteiger partial charge is 0.316 e. The lowest BCUT2D eigenvalue weighted by Crippen LogP contribution is -2.24. The highest BCUT2D eigenvalue weighted by Gasteiger charge is 2.03. The molecule has 0 aromatic heterocycles. The van der Waals surface area contributed by atoms with Crippen LogP contribution < -0.4 is 21.1 Å². The molecule has 0 fully saturated rings. The minimum absolute atomic E-state index is 0.156. The van der Waals surface area contributed by atoms with Gasteiger partial charge < -0.3 is 21.1 Å². The van der Waals surface area contributed by atoms with Gasteiger partial charge in [0, 0.05) is 12.2 Å². The van der Waals surface area contributed by atoms with Gasteiger partial charge in [-0.1, -0.05) is 12.1 Å². The first-order chi connectivity index (χ1) is 11.5. The quantitative estimate of drug-likeness (QED) is 0.727. The summed E-state index contributed by atoms with van der Waals surface area (Å²) in [5.41, 5.74) is 6.49. The highest BCUT2D eigenvalue weighted by molar-refractivity contribution is 5.87. The molecule has 6 nitrogen and oxygen atoms in total. The standard InChI is InChI=1S/C17H18FN3O3/c18-13-3-7-15(8-4-13)24-10-9-16(22)20-11-12-1-5-14(6-2-12)21-17(19)23/h1-8H,9-11H2,(H,20,22)(H3,19,21,23). The summed E-state index contributed by atoms with van der Waals surface area (Å²) in [6.07, 6.45) is 0.193. The van der Waals surface area contributed by atoms with Crippen molar-refractivity contribution in [1.29, 1.82) is 0 Å². The number of rotatable bonds is 7. The second kappa shape index (κ2) is 8.52. The van der Waals surface area contributed by atoms with Crippen LogP contribution in [0.1, 0.15) is 12.0 Å². The maximum Gasteiger partial charge on any atom is 0.316 e. The molecule has 0 unspecified atom stereocenters. The summed E-state index contributed by atoms with van der Waals surface area (Å²) < 4.78 is 18.1. The summed E-state index contributed by atoms with van der Waals surface area (Å²) in [5, 5.41) is 5.22. The second-order valence-electron chi connectivity index (χ2n) is 5.02. The molecule has 24 heavy (non-hydrogen) atoms. The number of primary amides is 1. The van der Waals surface area contributed by atoms with E-state index >= 15 is 0 Å². The van der Waals surface area contributed by atoms with Crippen LogP contribution in [0.3, 0.4) is 0 Å². The first kappa shape index (κ1) is 17.3. The molecule has 2 aromatic rings. The van der Waals surface area contributed by atoms with E-state index < -0.39 is 6.03 Å². The number of amides is 3. The molecular weight excluding hydrogens is 313 g/mol.